The molecule has 3 heteroatoms. The number of furan rings is 1. The summed E-state index contributed by atoms with van der Waals surface area (Å²) in [4.78, 5) is 2.35. The van der Waals surface area contributed by atoms with Crippen molar-refractivity contribution in [2.45, 2.75) is 0 Å². The summed E-state index contributed by atoms with van der Waals surface area (Å²) in [7, 11) is 0. The second kappa shape index (κ2) is 13.8. The third-order valence-corrected chi connectivity index (χ3v) is 12.2. The molecule has 0 radical (unpaired) electrons. The van der Waals surface area contributed by atoms with Gasteiger partial charge in [0.1, 0.15) is 11.2 Å². The van der Waals surface area contributed by atoms with Crippen molar-refractivity contribution in [1.82, 2.24) is 0 Å². The van der Waals surface area contributed by atoms with Crippen molar-refractivity contribution in [3.05, 3.63) is 212 Å². The maximum Gasteiger partial charge on any atom is 0.137 e. The molecule has 0 bridgehead atoms. The lowest BCUT2D eigenvalue weighted by Gasteiger charge is -2.26. The topological polar surface area (TPSA) is 16.4 Å². The molecule has 0 aliphatic carbocycles. The van der Waals surface area contributed by atoms with Gasteiger partial charge in [-0.15, -0.1) is 11.3 Å². The summed E-state index contributed by atoms with van der Waals surface area (Å²) in [5, 5.41) is 4.82. The highest BCUT2D eigenvalue weighted by Gasteiger charge is 2.21. The molecule has 0 amide bonds. The Morgan fingerprint density at radius 2 is 0.947 bits per heavy atom. The Labute approximate surface area is 335 Å². The molecule has 268 valence electrons. The number of para-hydroxylation sites is 1. The number of fused-ring (bicyclic) bond motifs is 6. The molecule has 0 saturated heterocycles. The van der Waals surface area contributed by atoms with Gasteiger partial charge in [0.05, 0.1) is 0 Å². The van der Waals surface area contributed by atoms with Crippen LogP contribution in [0.15, 0.2) is 217 Å². The highest BCUT2D eigenvalue weighted by molar-refractivity contribution is 7.26. The second-order valence-electron chi connectivity index (χ2n) is 14.4. The second-order valence-corrected chi connectivity index (χ2v) is 15.5. The Morgan fingerprint density at radius 1 is 0.333 bits per heavy atom. The first-order chi connectivity index (χ1) is 28.3. The highest BCUT2D eigenvalue weighted by atomic mass is 32.1. The normalized spacial score (nSPS) is 11.5. The molecule has 0 N–H and O–H groups in total. The van der Waals surface area contributed by atoms with Crippen LogP contribution in [0.25, 0.3) is 86.6 Å². The van der Waals surface area contributed by atoms with Gasteiger partial charge in [0.2, 0.25) is 0 Å². The molecule has 11 rings (SSSR count). The monoisotopic (exact) mass is 745 g/mol. The average molecular weight is 746 g/mol. The summed E-state index contributed by atoms with van der Waals surface area (Å²) in [5.74, 6) is 0. The SMILES string of the molecule is c1ccc(-c2ccc(N(c3cccc(-c4ccc5sc6ccccc6c5c4-c4ccccc4-c4ccccc4)c3)c3ccc4c(c3)oc3ccccc34)cc2)cc1. The fraction of sp³-hybridized carbons (Fsp3) is 0. The average Bonchev–Trinajstić information content (AvgIpc) is 3.85. The maximum absolute atomic E-state index is 6.44. The summed E-state index contributed by atoms with van der Waals surface area (Å²) in [5.41, 5.74) is 14.5. The van der Waals surface area contributed by atoms with Gasteiger partial charge in [0, 0.05) is 54.1 Å². The van der Waals surface area contributed by atoms with E-state index in [2.05, 4.69) is 205 Å². The lowest BCUT2D eigenvalue weighted by molar-refractivity contribution is 0.669. The smallest absolute Gasteiger partial charge is 0.137 e. The Kier molecular flexibility index (Phi) is 8.04. The van der Waals surface area contributed by atoms with E-state index in [9.17, 15) is 0 Å². The lowest BCUT2D eigenvalue weighted by atomic mass is 9.86. The molecule has 11 aromatic rings. The predicted octanol–water partition coefficient (Wildman–Crippen LogP) is 16.1. The van der Waals surface area contributed by atoms with Crippen LogP contribution in [0.3, 0.4) is 0 Å². The fourth-order valence-corrected chi connectivity index (χ4v) is 9.57. The van der Waals surface area contributed by atoms with Crippen molar-refractivity contribution in [2.75, 3.05) is 4.90 Å². The fourth-order valence-electron chi connectivity index (χ4n) is 8.45. The predicted molar refractivity (Wildman–Crippen MR) is 243 cm³/mol. The van der Waals surface area contributed by atoms with Gasteiger partial charge in [0.15, 0.2) is 0 Å². The van der Waals surface area contributed by atoms with Gasteiger partial charge in [-0.3, -0.25) is 0 Å². The van der Waals surface area contributed by atoms with Crippen LogP contribution in [0.4, 0.5) is 17.1 Å². The van der Waals surface area contributed by atoms with Crippen molar-refractivity contribution in [3.8, 4) is 44.5 Å². The largest absolute Gasteiger partial charge is 0.456 e. The third-order valence-electron chi connectivity index (χ3n) is 11.1. The summed E-state index contributed by atoms with van der Waals surface area (Å²) >= 11 is 1.86. The van der Waals surface area contributed by atoms with Crippen LogP contribution >= 0.6 is 11.3 Å². The third kappa shape index (κ3) is 5.80. The first-order valence-corrected chi connectivity index (χ1v) is 20.1. The van der Waals surface area contributed by atoms with Gasteiger partial charge < -0.3 is 9.32 Å². The Hall–Kier alpha value is -7.20. The van der Waals surface area contributed by atoms with Crippen molar-refractivity contribution in [2.24, 2.45) is 0 Å². The molecular weight excluding hydrogens is 711 g/mol. The van der Waals surface area contributed by atoms with Crippen LogP contribution in [0.1, 0.15) is 0 Å². The van der Waals surface area contributed by atoms with E-state index < -0.39 is 0 Å². The summed E-state index contributed by atoms with van der Waals surface area (Å²) < 4.78 is 9.02. The number of hydrogen-bond acceptors (Lipinski definition) is 3. The zero-order chi connectivity index (χ0) is 37.7. The number of anilines is 3. The quantitative estimate of drug-likeness (QED) is 0.162. The molecular formula is C54H35NOS. The van der Waals surface area contributed by atoms with E-state index in [1.165, 1.54) is 59.1 Å². The molecule has 0 fully saturated rings. The number of thiophene rings is 1. The van der Waals surface area contributed by atoms with E-state index in [1.54, 1.807) is 0 Å². The molecule has 2 nitrogen and oxygen atoms in total. The van der Waals surface area contributed by atoms with Crippen molar-refractivity contribution >= 4 is 70.5 Å². The van der Waals surface area contributed by atoms with E-state index in [0.717, 1.165) is 44.6 Å². The first kappa shape index (κ1) is 33.2. The van der Waals surface area contributed by atoms with E-state index >= 15 is 0 Å². The van der Waals surface area contributed by atoms with Crippen LogP contribution in [0.2, 0.25) is 0 Å². The van der Waals surface area contributed by atoms with E-state index in [4.69, 9.17) is 4.42 Å². The van der Waals surface area contributed by atoms with Crippen LogP contribution in [0.5, 0.6) is 0 Å². The Balaban J connectivity index is 1.13. The first-order valence-electron chi connectivity index (χ1n) is 19.3. The number of nitrogens with zero attached hydrogens (tertiary/aromatic N) is 1. The lowest BCUT2D eigenvalue weighted by Crippen LogP contribution is -2.10. The molecule has 0 saturated carbocycles. The van der Waals surface area contributed by atoms with Crippen LogP contribution in [0, 0.1) is 0 Å². The van der Waals surface area contributed by atoms with Crippen molar-refractivity contribution in [1.29, 1.82) is 0 Å². The van der Waals surface area contributed by atoms with Gasteiger partial charge in [0.25, 0.3) is 0 Å². The number of benzene rings is 9. The van der Waals surface area contributed by atoms with Crippen LogP contribution < -0.4 is 4.90 Å². The van der Waals surface area contributed by atoms with Gasteiger partial charge in [-0.05, 0) is 99.1 Å². The molecule has 9 aromatic carbocycles. The minimum atomic E-state index is 0.866. The molecule has 2 aromatic heterocycles. The summed E-state index contributed by atoms with van der Waals surface area (Å²) in [6.45, 7) is 0. The number of rotatable bonds is 7. The Bertz CT molecular complexity index is 3230. The summed E-state index contributed by atoms with van der Waals surface area (Å²) in [6, 6.07) is 76.4. The van der Waals surface area contributed by atoms with Gasteiger partial charge in [-0.25, -0.2) is 0 Å². The van der Waals surface area contributed by atoms with Crippen LogP contribution in [-0.4, -0.2) is 0 Å². The van der Waals surface area contributed by atoms with Gasteiger partial charge >= 0.3 is 0 Å². The van der Waals surface area contributed by atoms with Gasteiger partial charge in [-0.2, -0.15) is 0 Å². The standard InChI is InChI=1S/C54H35NOS/c1-3-14-36(15-4-1)37-26-28-40(29-27-37)55(42-30-31-46-45-21-9-11-24-49(45)56-50(46)35-42)41-19-13-18-39(34-41)44-32-33-52-54(48-23-10-12-25-51(48)57-52)53(44)47-22-8-7-20-43(47)38-16-5-2-6-17-38/h1-35H. The van der Waals surface area contributed by atoms with E-state index in [-0.39, 0.29) is 0 Å². The molecule has 2 heterocycles. The molecule has 0 aliphatic rings. The Morgan fingerprint density at radius 3 is 1.77 bits per heavy atom. The molecule has 0 aliphatic heterocycles. The molecule has 0 unspecified atom stereocenters. The number of hydrogen-bond donors (Lipinski definition) is 0. The zero-order valence-electron chi connectivity index (χ0n) is 31.0. The van der Waals surface area contributed by atoms with Gasteiger partial charge in [-0.1, -0.05) is 152 Å². The maximum atomic E-state index is 6.44. The van der Waals surface area contributed by atoms with E-state index in [1.807, 2.05) is 23.5 Å². The van der Waals surface area contributed by atoms with Crippen molar-refractivity contribution in [3.63, 3.8) is 0 Å². The highest BCUT2D eigenvalue weighted by Crippen LogP contribution is 2.48. The molecule has 0 atom stereocenters. The minimum Gasteiger partial charge on any atom is -0.456 e. The van der Waals surface area contributed by atoms with Crippen molar-refractivity contribution < 1.29 is 4.42 Å². The molecule has 0 spiro atoms. The minimum absolute atomic E-state index is 0.866. The summed E-state index contributed by atoms with van der Waals surface area (Å²) in [6.07, 6.45) is 0. The van der Waals surface area contributed by atoms with Crippen LogP contribution in [-0.2, 0) is 0 Å². The zero-order valence-corrected chi connectivity index (χ0v) is 31.8. The molecule has 57 heavy (non-hydrogen) atoms. The van der Waals surface area contributed by atoms with E-state index in [0.29, 0.717) is 0 Å².